The number of aromatic nitrogens is 4. The molecule has 0 atom stereocenters. The van der Waals surface area contributed by atoms with E-state index >= 15 is 0 Å². The first-order valence-electron chi connectivity index (χ1n) is 5.11. The SMILES string of the molecule is Cc1cn(-c2cc(Cl)nc(C(C)C)n2)cn1. The molecule has 4 nitrogen and oxygen atoms in total. The minimum atomic E-state index is 0.252. The lowest BCUT2D eigenvalue weighted by Gasteiger charge is -2.07. The van der Waals surface area contributed by atoms with Crippen molar-refractivity contribution in [3.8, 4) is 5.82 Å². The predicted molar refractivity (Wildman–Crippen MR) is 63.0 cm³/mol. The number of halogens is 1. The molecule has 0 aliphatic heterocycles. The highest BCUT2D eigenvalue weighted by Gasteiger charge is 2.08. The minimum Gasteiger partial charge on any atom is -0.290 e. The summed E-state index contributed by atoms with van der Waals surface area (Å²) in [6, 6.07) is 1.73. The molecule has 0 saturated heterocycles. The Morgan fingerprint density at radius 1 is 1.31 bits per heavy atom. The van der Waals surface area contributed by atoms with Gasteiger partial charge >= 0.3 is 0 Å². The van der Waals surface area contributed by atoms with Crippen LogP contribution in [-0.4, -0.2) is 19.5 Å². The molecular weight excluding hydrogens is 224 g/mol. The fraction of sp³-hybridized carbons (Fsp3) is 0.364. The molecule has 16 heavy (non-hydrogen) atoms. The zero-order valence-corrected chi connectivity index (χ0v) is 10.2. The molecule has 0 bridgehead atoms. The zero-order chi connectivity index (χ0) is 11.7. The fourth-order valence-corrected chi connectivity index (χ4v) is 1.54. The normalized spacial score (nSPS) is 11.1. The summed E-state index contributed by atoms with van der Waals surface area (Å²) < 4.78 is 1.84. The topological polar surface area (TPSA) is 43.6 Å². The van der Waals surface area contributed by atoms with Crippen LogP contribution in [0.3, 0.4) is 0 Å². The molecule has 2 rings (SSSR count). The standard InChI is InChI=1S/C11H13ClN4/c1-7(2)11-14-9(12)4-10(15-11)16-5-8(3)13-6-16/h4-7H,1-3H3. The zero-order valence-electron chi connectivity index (χ0n) is 9.48. The lowest BCUT2D eigenvalue weighted by molar-refractivity contribution is 0.762. The highest BCUT2D eigenvalue weighted by molar-refractivity contribution is 6.29. The second-order valence-corrected chi connectivity index (χ2v) is 4.37. The second-order valence-electron chi connectivity index (χ2n) is 3.98. The Morgan fingerprint density at radius 3 is 2.62 bits per heavy atom. The van der Waals surface area contributed by atoms with Crippen molar-refractivity contribution in [2.24, 2.45) is 0 Å². The van der Waals surface area contributed by atoms with Gasteiger partial charge in [0.05, 0.1) is 5.69 Å². The van der Waals surface area contributed by atoms with Crippen molar-refractivity contribution >= 4 is 11.6 Å². The van der Waals surface area contributed by atoms with Crippen LogP contribution in [0.1, 0.15) is 31.3 Å². The van der Waals surface area contributed by atoms with E-state index in [1.54, 1.807) is 12.4 Å². The molecule has 0 aromatic carbocycles. The van der Waals surface area contributed by atoms with Gasteiger partial charge in [0.1, 0.15) is 23.1 Å². The Hall–Kier alpha value is -1.42. The predicted octanol–water partition coefficient (Wildman–Crippen LogP) is 2.75. The molecule has 84 valence electrons. The molecule has 2 heterocycles. The van der Waals surface area contributed by atoms with Gasteiger partial charge in [0.15, 0.2) is 0 Å². The molecule has 0 radical (unpaired) electrons. The van der Waals surface area contributed by atoms with E-state index in [1.807, 2.05) is 31.5 Å². The second kappa shape index (κ2) is 4.22. The average molecular weight is 237 g/mol. The first kappa shape index (κ1) is 11.1. The van der Waals surface area contributed by atoms with Gasteiger partial charge in [-0.2, -0.15) is 0 Å². The van der Waals surface area contributed by atoms with Crippen LogP contribution in [0.2, 0.25) is 5.15 Å². The lowest BCUT2D eigenvalue weighted by atomic mass is 10.2. The Labute approximate surface area is 99.3 Å². The van der Waals surface area contributed by atoms with E-state index in [0.717, 1.165) is 17.3 Å². The first-order valence-corrected chi connectivity index (χ1v) is 5.49. The molecular formula is C11H13ClN4. The maximum absolute atomic E-state index is 5.97. The monoisotopic (exact) mass is 236 g/mol. The van der Waals surface area contributed by atoms with Gasteiger partial charge in [-0.25, -0.2) is 15.0 Å². The number of rotatable bonds is 2. The van der Waals surface area contributed by atoms with Crippen molar-refractivity contribution in [3.05, 3.63) is 35.3 Å². The average Bonchev–Trinajstić information content (AvgIpc) is 2.64. The van der Waals surface area contributed by atoms with Gasteiger partial charge in [-0.1, -0.05) is 25.4 Å². The smallest absolute Gasteiger partial charge is 0.143 e. The van der Waals surface area contributed by atoms with E-state index in [9.17, 15) is 0 Å². The molecule has 5 heteroatoms. The van der Waals surface area contributed by atoms with Crippen LogP contribution >= 0.6 is 11.6 Å². The quantitative estimate of drug-likeness (QED) is 0.753. The van der Waals surface area contributed by atoms with E-state index in [1.165, 1.54) is 0 Å². The van der Waals surface area contributed by atoms with Gasteiger partial charge in [0.25, 0.3) is 0 Å². The van der Waals surface area contributed by atoms with Crippen molar-refractivity contribution < 1.29 is 0 Å². The van der Waals surface area contributed by atoms with Crippen molar-refractivity contribution in [1.82, 2.24) is 19.5 Å². The highest BCUT2D eigenvalue weighted by atomic mass is 35.5. The van der Waals surface area contributed by atoms with Gasteiger partial charge in [-0.15, -0.1) is 0 Å². The molecule has 2 aromatic heterocycles. The van der Waals surface area contributed by atoms with Gasteiger partial charge in [-0.3, -0.25) is 4.57 Å². The van der Waals surface area contributed by atoms with Crippen molar-refractivity contribution in [2.75, 3.05) is 0 Å². The number of imidazole rings is 1. The van der Waals surface area contributed by atoms with Crippen molar-refractivity contribution in [2.45, 2.75) is 26.7 Å². The van der Waals surface area contributed by atoms with Crippen molar-refractivity contribution in [1.29, 1.82) is 0 Å². The summed E-state index contributed by atoms with van der Waals surface area (Å²) in [6.45, 7) is 6.01. The van der Waals surface area contributed by atoms with Crippen LogP contribution in [0, 0.1) is 6.92 Å². The molecule has 0 spiro atoms. The van der Waals surface area contributed by atoms with Crippen LogP contribution in [0.4, 0.5) is 0 Å². The Bertz CT molecular complexity index is 504. The van der Waals surface area contributed by atoms with Crippen LogP contribution in [0.15, 0.2) is 18.6 Å². The third kappa shape index (κ3) is 2.22. The van der Waals surface area contributed by atoms with Gasteiger partial charge in [-0.05, 0) is 6.92 Å². The van der Waals surface area contributed by atoms with E-state index in [-0.39, 0.29) is 5.92 Å². The Kier molecular flexibility index (Phi) is 2.92. The summed E-state index contributed by atoms with van der Waals surface area (Å²) in [5, 5.41) is 0.458. The largest absolute Gasteiger partial charge is 0.290 e. The fourth-order valence-electron chi connectivity index (χ4n) is 1.36. The third-order valence-corrected chi connectivity index (χ3v) is 2.38. The molecule has 0 saturated carbocycles. The van der Waals surface area contributed by atoms with E-state index in [4.69, 9.17) is 11.6 Å². The Morgan fingerprint density at radius 2 is 2.06 bits per heavy atom. The first-order chi connectivity index (χ1) is 7.56. The van der Waals surface area contributed by atoms with E-state index < -0.39 is 0 Å². The minimum absolute atomic E-state index is 0.252. The summed E-state index contributed by atoms with van der Waals surface area (Å²) in [4.78, 5) is 12.8. The molecule has 0 aliphatic rings. The number of nitrogens with zero attached hydrogens (tertiary/aromatic N) is 4. The summed E-state index contributed by atoms with van der Waals surface area (Å²) >= 11 is 5.97. The Balaban J connectivity index is 2.49. The molecule has 0 unspecified atom stereocenters. The molecule has 0 amide bonds. The summed E-state index contributed by atoms with van der Waals surface area (Å²) in [5.74, 6) is 1.75. The molecule has 0 aliphatic carbocycles. The van der Waals surface area contributed by atoms with Gasteiger partial charge < -0.3 is 0 Å². The molecule has 0 N–H and O–H groups in total. The van der Waals surface area contributed by atoms with Crippen LogP contribution < -0.4 is 0 Å². The van der Waals surface area contributed by atoms with E-state index in [0.29, 0.717) is 5.15 Å². The van der Waals surface area contributed by atoms with Crippen LogP contribution in [0.5, 0.6) is 0 Å². The van der Waals surface area contributed by atoms with E-state index in [2.05, 4.69) is 15.0 Å². The maximum atomic E-state index is 5.97. The van der Waals surface area contributed by atoms with Gasteiger partial charge in [0.2, 0.25) is 0 Å². The van der Waals surface area contributed by atoms with Crippen molar-refractivity contribution in [3.63, 3.8) is 0 Å². The molecule has 0 fully saturated rings. The van der Waals surface area contributed by atoms with Gasteiger partial charge in [0, 0.05) is 18.2 Å². The van der Waals surface area contributed by atoms with Crippen LogP contribution in [0.25, 0.3) is 5.82 Å². The number of hydrogen-bond acceptors (Lipinski definition) is 3. The maximum Gasteiger partial charge on any atom is 0.143 e. The number of hydrogen-bond donors (Lipinski definition) is 0. The summed E-state index contributed by atoms with van der Waals surface area (Å²) in [7, 11) is 0. The lowest BCUT2D eigenvalue weighted by Crippen LogP contribution is -2.03. The third-order valence-electron chi connectivity index (χ3n) is 2.19. The summed E-state index contributed by atoms with van der Waals surface area (Å²) in [6.07, 6.45) is 3.63. The summed E-state index contributed by atoms with van der Waals surface area (Å²) in [5.41, 5.74) is 0.945. The molecule has 2 aromatic rings. The van der Waals surface area contributed by atoms with Crippen LogP contribution in [-0.2, 0) is 0 Å². The highest BCUT2D eigenvalue weighted by Crippen LogP contribution is 2.16. The number of aryl methyl sites for hydroxylation is 1.